The first kappa shape index (κ1) is 81.4. The average Bonchev–Trinajstić information content (AvgIpc) is 1.89. The number of nitro benzene ring substituents is 1. The number of thiazole rings is 5. The maximum atomic E-state index is 11.8. The SMILES string of the molecule is CC(=O)c1ccc(-c2nc(C)co2)cc1.CNOOSc1ccc(-c2nc(C)cs2)cc1.CON(C)C(=O)c1ccc(-c2nc(C)cs2)cc1.COc1ncc(-c2nc(C)cs2)cn1.Cc1coc(-c2ccc(C(N)=O)cc2)n1.Cc1csc(-c2ccc(N)cc2)n1.Cc1csc(-c2ccc([N+](=O)[O-])cc2)n1. The van der Waals surface area contributed by atoms with Crippen molar-refractivity contribution in [1.29, 1.82) is 0 Å². The Bertz CT molecular complexity index is 4880. The molecule has 14 aromatic rings. The lowest BCUT2D eigenvalue weighted by Gasteiger charge is -2.13. The summed E-state index contributed by atoms with van der Waals surface area (Å²) in [5.74, 6) is 0.584. The van der Waals surface area contributed by atoms with Crippen LogP contribution in [-0.4, -0.2) is 101 Å². The molecule has 25 nitrogen and oxygen atoms in total. The molecule has 0 aliphatic heterocycles. The molecule has 8 aromatic heterocycles. The second kappa shape index (κ2) is 40.9. The zero-order valence-corrected chi connectivity index (χ0v) is 65.0. The number of rotatable bonds is 17. The third-order valence-corrected chi connectivity index (χ3v) is 19.8. The van der Waals surface area contributed by atoms with Crippen molar-refractivity contribution in [3.63, 3.8) is 0 Å². The van der Waals surface area contributed by atoms with E-state index in [1.54, 1.807) is 159 Å². The van der Waals surface area contributed by atoms with Crippen LogP contribution in [0.5, 0.6) is 6.01 Å². The number of primary amides is 1. The van der Waals surface area contributed by atoms with Crippen LogP contribution in [-0.2, 0) is 14.2 Å². The summed E-state index contributed by atoms with van der Waals surface area (Å²) in [6.45, 7) is 15.1. The van der Waals surface area contributed by atoms with Gasteiger partial charge >= 0.3 is 6.01 Å². The van der Waals surface area contributed by atoms with Crippen LogP contribution in [0.2, 0.25) is 0 Å². The molecule has 14 rings (SSSR count). The number of hydrogen-bond donors (Lipinski definition) is 3. The number of non-ortho nitro benzene ring substituents is 1. The summed E-state index contributed by atoms with van der Waals surface area (Å²) in [4.78, 5) is 92.4. The van der Waals surface area contributed by atoms with E-state index in [1.165, 1.54) is 35.6 Å². The van der Waals surface area contributed by atoms with Gasteiger partial charge in [-0.2, -0.15) is 5.48 Å². The van der Waals surface area contributed by atoms with Crippen molar-refractivity contribution in [2.75, 3.05) is 34.0 Å². The molecule has 0 saturated carbocycles. The minimum absolute atomic E-state index is 0.0603. The van der Waals surface area contributed by atoms with E-state index in [4.69, 9.17) is 34.2 Å². The molecule has 107 heavy (non-hydrogen) atoms. The predicted molar refractivity (Wildman–Crippen MR) is 423 cm³/mol. The van der Waals surface area contributed by atoms with Gasteiger partial charge in [0.2, 0.25) is 17.7 Å². The number of anilines is 1. The largest absolute Gasteiger partial charge is 0.467 e. The van der Waals surface area contributed by atoms with Crippen molar-refractivity contribution >= 4 is 97.7 Å². The predicted octanol–water partition coefficient (Wildman–Crippen LogP) is 18.2. The number of nitrogens with zero attached hydrogens (tertiary/aromatic N) is 11. The van der Waals surface area contributed by atoms with E-state index in [1.807, 2.05) is 148 Å². The second-order valence-corrected chi connectivity index (χ2v) is 27.6. The minimum atomic E-state index is -0.440. The monoisotopic (exact) mass is 1550 g/mol. The fourth-order valence-corrected chi connectivity index (χ4v) is 13.1. The lowest BCUT2D eigenvalue weighted by Crippen LogP contribution is -2.25. The number of Topliss-reactive ketones (excluding diaryl/α,β-unsaturated/α-hetero) is 1. The van der Waals surface area contributed by atoms with Crippen molar-refractivity contribution in [2.45, 2.75) is 60.3 Å². The molecule has 0 aliphatic carbocycles. The van der Waals surface area contributed by atoms with E-state index in [0.717, 1.165) is 126 Å². The molecule has 550 valence electrons. The van der Waals surface area contributed by atoms with E-state index < -0.39 is 10.8 Å². The molecule has 0 atom stereocenters. The molecule has 0 radical (unpaired) electrons. The molecule has 0 spiro atoms. The number of nitro groups is 1. The van der Waals surface area contributed by atoms with E-state index >= 15 is 0 Å². The normalized spacial score (nSPS) is 10.3. The first-order chi connectivity index (χ1) is 51.4. The topological polar surface area (TPSA) is 341 Å². The number of hydrogen-bond acceptors (Lipinski definition) is 28. The van der Waals surface area contributed by atoms with Gasteiger partial charge in [0.05, 0.1) is 42.6 Å². The van der Waals surface area contributed by atoms with Gasteiger partial charge in [0, 0.05) is 160 Å². The van der Waals surface area contributed by atoms with Crippen molar-refractivity contribution in [3.05, 3.63) is 264 Å². The Labute approximate surface area is 641 Å². The number of nitrogens with one attached hydrogen (secondary N) is 1. The summed E-state index contributed by atoms with van der Waals surface area (Å²) < 4.78 is 20.2. The molecule has 31 heteroatoms. The number of nitrogens with two attached hydrogens (primary N) is 2. The molecule has 5 N–H and O–H groups in total. The van der Waals surface area contributed by atoms with Crippen LogP contribution in [0.3, 0.4) is 0 Å². The fraction of sp³-hybridized carbons (Fsp3) is 0.158. The maximum absolute atomic E-state index is 11.8. The molecule has 0 bridgehead atoms. The first-order valence-electron chi connectivity index (χ1n) is 32.1. The molecule has 2 amide bonds. The Kier molecular flexibility index (Phi) is 31.1. The number of amides is 2. The number of hydroxylamine groups is 3. The van der Waals surface area contributed by atoms with Gasteiger partial charge in [-0.3, -0.25) is 29.3 Å². The molecular weight excluding hydrogens is 1480 g/mol. The highest BCUT2D eigenvalue weighted by atomic mass is 32.2. The summed E-state index contributed by atoms with van der Waals surface area (Å²) in [6.07, 6.45) is 6.61. The Hall–Kier alpha value is -11.2. The summed E-state index contributed by atoms with van der Waals surface area (Å²) >= 11 is 9.17. The van der Waals surface area contributed by atoms with Gasteiger partial charge in [0.15, 0.2) is 5.78 Å². The van der Waals surface area contributed by atoms with Crippen LogP contribution in [0.25, 0.3) is 75.8 Å². The van der Waals surface area contributed by atoms with Gasteiger partial charge in [-0.25, -0.2) is 49.9 Å². The van der Waals surface area contributed by atoms with Crippen molar-refractivity contribution in [3.8, 4) is 81.8 Å². The van der Waals surface area contributed by atoms with Gasteiger partial charge in [0.25, 0.3) is 11.6 Å². The van der Waals surface area contributed by atoms with Gasteiger partial charge in [-0.1, -0.05) is 36.4 Å². The quantitative estimate of drug-likeness (QED) is 0.0145. The third-order valence-electron chi connectivity index (χ3n) is 14.1. The van der Waals surface area contributed by atoms with E-state index in [2.05, 4.69) is 55.3 Å². The number of benzene rings is 6. The number of oxazole rings is 2. The van der Waals surface area contributed by atoms with E-state index in [9.17, 15) is 24.5 Å². The summed E-state index contributed by atoms with van der Waals surface area (Å²) in [5, 5.41) is 26.6. The number of aromatic nitrogens is 9. The average molecular weight is 1550 g/mol. The molecule has 8 heterocycles. The van der Waals surface area contributed by atoms with Crippen molar-refractivity contribution < 1.29 is 47.0 Å². The maximum Gasteiger partial charge on any atom is 0.316 e. The molecule has 0 fully saturated rings. The van der Waals surface area contributed by atoms with Gasteiger partial charge in [-0.15, -0.1) is 66.0 Å². The highest BCUT2D eigenvalue weighted by Gasteiger charge is 2.14. The Morgan fingerprint density at radius 3 is 1.18 bits per heavy atom. The molecule has 0 saturated heterocycles. The zero-order valence-electron chi connectivity index (χ0n) is 60.1. The van der Waals surface area contributed by atoms with Gasteiger partial charge in [0.1, 0.15) is 37.6 Å². The van der Waals surface area contributed by atoms with E-state index in [0.29, 0.717) is 34.5 Å². The number of nitrogen functional groups attached to an aromatic ring is 1. The fourth-order valence-electron chi connectivity index (χ4n) is 8.68. The van der Waals surface area contributed by atoms with Crippen LogP contribution >= 0.6 is 68.7 Å². The third kappa shape index (κ3) is 25.5. The summed E-state index contributed by atoms with van der Waals surface area (Å²) in [6, 6.07) is 43.9. The van der Waals surface area contributed by atoms with Crippen LogP contribution in [0.4, 0.5) is 11.4 Å². The Morgan fingerprint density at radius 1 is 0.495 bits per heavy atom. The second-order valence-electron chi connectivity index (χ2n) is 22.5. The van der Waals surface area contributed by atoms with Crippen LogP contribution in [0.15, 0.2) is 211 Å². The number of methoxy groups -OCH3 is 1. The number of ether oxygens (including phenoxy) is 1. The standard InChI is InChI=1S/C13H14N2O2S.C12H11NO2.C11H12N2O2S2.C11H10N2O2.C10H8N2O2S.C10H10N2S.C9H9N3OS/c1-9-8-18-12(14-9)10-4-6-11(7-5-10)13(16)15(2)17-3;1-8-7-15-12(13-8)11-5-3-10(4-6-11)9(2)14;1-8-7-16-11(13-8)9-3-5-10(6-4-9)17-15-14-12-2;1-7-6-15-11(13-7)9-4-2-8(3-5-9)10(12)14;1-7-6-15-10(11-7)8-2-4-9(5-3-8)12(13)14;1-7-6-13-10(12-7)8-2-4-9(11)5-3-8;1-6-5-14-8(12-6)7-3-10-9(13-2)11-4-7/h4-8H,1-3H3;3-7H,1-2H3;3-7,12H,1-2H3;2-6H,1H3,(H2,12,14);2-6H,1H3;2-6H,11H2,1H3;3-5H,1-2H3. The smallest absolute Gasteiger partial charge is 0.316 e. The lowest BCUT2D eigenvalue weighted by molar-refractivity contribution is -0.384. The molecular formula is C76H74N14O11S6. The zero-order chi connectivity index (χ0) is 76.9. The lowest BCUT2D eigenvalue weighted by atomic mass is 10.1. The van der Waals surface area contributed by atoms with Crippen LogP contribution < -0.4 is 21.7 Å². The number of aryl methyl sites for hydroxylation is 7. The van der Waals surface area contributed by atoms with Gasteiger partial charge in [-0.05, 0) is 152 Å². The molecule has 6 aromatic carbocycles. The number of carbonyl (C=O) groups is 3. The highest BCUT2D eigenvalue weighted by Crippen LogP contribution is 2.30. The van der Waals surface area contributed by atoms with Crippen LogP contribution in [0.1, 0.15) is 77.9 Å². The van der Waals surface area contributed by atoms with E-state index in [-0.39, 0.29) is 17.4 Å². The van der Waals surface area contributed by atoms with Gasteiger partial charge < -0.3 is 25.0 Å². The van der Waals surface area contributed by atoms with Crippen LogP contribution in [0, 0.1) is 58.6 Å². The number of carbonyl (C=O) groups excluding carboxylic acids is 3. The van der Waals surface area contributed by atoms with Crippen molar-refractivity contribution in [2.24, 2.45) is 5.73 Å². The van der Waals surface area contributed by atoms with Crippen molar-refractivity contribution in [1.82, 2.24) is 55.4 Å². The first-order valence-corrected chi connectivity index (χ1v) is 37.2. The summed E-state index contributed by atoms with van der Waals surface area (Å²) in [5.41, 5.74) is 29.4. The number of ketones is 1. The molecule has 0 unspecified atom stereocenters. The Balaban J connectivity index is 0.000000158. The highest BCUT2D eigenvalue weighted by molar-refractivity contribution is 7.94. The Morgan fingerprint density at radius 2 is 0.850 bits per heavy atom. The molecule has 0 aliphatic rings. The minimum Gasteiger partial charge on any atom is -0.467 e. The summed E-state index contributed by atoms with van der Waals surface area (Å²) in [7, 11) is 6.22.